The van der Waals surface area contributed by atoms with Gasteiger partial charge in [0, 0.05) is 52.1 Å². The van der Waals surface area contributed by atoms with Crippen molar-refractivity contribution in [3.8, 4) is 11.5 Å². The third kappa shape index (κ3) is 3.19. The summed E-state index contributed by atoms with van der Waals surface area (Å²) < 4.78 is 10.8. The predicted molar refractivity (Wildman–Crippen MR) is 129 cm³/mol. The van der Waals surface area contributed by atoms with Crippen LogP contribution in [0.1, 0.15) is 17.2 Å². The summed E-state index contributed by atoms with van der Waals surface area (Å²) in [7, 11) is 0. The number of aliphatic hydroxyl groups excluding tert-OH is 1. The normalized spacial score (nSPS) is 18.2. The molecule has 2 aliphatic heterocycles. The number of rotatable bonds is 4. The lowest BCUT2D eigenvalue weighted by molar-refractivity contribution is -0.384. The first-order valence-corrected chi connectivity index (χ1v) is 11.0. The van der Waals surface area contributed by atoms with E-state index in [0.29, 0.717) is 22.7 Å². The number of carbonyl (C=O) groups is 2. The molecule has 36 heavy (non-hydrogen) atoms. The molecule has 0 bridgehead atoms. The van der Waals surface area contributed by atoms with Gasteiger partial charge < -0.3 is 19.6 Å². The summed E-state index contributed by atoms with van der Waals surface area (Å²) in [5.41, 5.74) is 1.34. The number of benzene rings is 3. The Balaban J connectivity index is 1.59. The van der Waals surface area contributed by atoms with Crippen LogP contribution in [0.4, 0.5) is 11.4 Å². The summed E-state index contributed by atoms with van der Waals surface area (Å²) in [6, 6.07) is 16.5. The Morgan fingerprint density at radius 1 is 1.03 bits per heavy atom. The number of nitrogens with one attached hydrogen (secondary N) is 1. The molecule has 3 aromatic carbocycles. The van der Waals surface area contributed by atoms with E-state index in [0.717, 1.165) is 17.0 Å². The van der Waals surface area contributed by atoms with Crippen molar-refractivity contribution in [3.63, 3.8) is 0 Å². The van der Waals surface area contributed by atoms with E-state index in [1.807, 2.05) is 24.3 Å². The number of aromatic amines is 1. The topological polar surface area (TPSA) is 135 Å². The Morgan fingerprint density at radius 2 is 1.83 bits per heavy atom. The van der Waals surface area contributed by atoms with Crippen LogP contribution in [0.5, 0.6) is 11.5 Å². The lowest BCUT2D eigenvalue weighted by Gasteiger charge is -2.25. The van der Waals surface area contributed by atoms with E-state index in [2.05, 4.69) is 4.98 Å². The molecule has 1 unspecified atom stereocenters. The van der Waals surface area contributed by atoms with Crippen LogP contribution in [-0.4, -0.2) is 33.5 Å². The molecule has 1 fully saturated rings. The lowest BCUT2D eigenvalue weighted by Crippen LogP contribution is -2.29. The van der Waals surface area contributed by atoms with Gasteiger partial charge in [-0.25, -0.2) is 0 Å². The van der Waals surface area contributed by atoms with Crippen LogP contribution in [0.3, 0.4) is 0 Å². The minimum absolute atomic E-state index is 0.0380. The number of hydrogen-bond acceptors (Lipinski definition) is 7. The van der Waals surface area contributed by atoms with Crippen LogP contribution < -0.4 is 14.4 Å². The van der Waals surface area contributed by atoms with E-state index in [1.165, 1.54) is 23.1 Å². The zero-order valence-corrected chi connectivity index (χ0v) is 18.5. The zero-order valence-electron chi connectivity index (χ0n) is 18.5. The summed E-state index contributed by atoms with van der Waals surface area (Å²) in [6.07, 6.45) is 1.68. The molecule has 0 radical (unpaired) electrons. The average molecular weight is 483 g/mol. The number of Topliss-reactive ketones (excluding diaryl/α,β-unsaturated/α-hetero) is 1. The molecule has 10 heteroatoms. The lowest BCUT2D eigenvalue weighted by atomic mass is 9.94. The van der Waals surface area contributed by atoms with Crippen LogP contribution in [-0.2, 0) is 9.59 Å². The second kappa shape index (κ2) is 7.98. The van der Waals surface area contributed by atoms with Crippen molar-refractivity contribution in [2.75, 3.05) is 11.7 Å². The maximum Gasteiger partial charge on any atom is 0.300 e. The number of ether oxygens (including phenoxy) is 2. The fraction of sp³-hybridized carbons (Fsp3) is 0.0769. The van der Waals surface area contributed by atoms with E-state index in [9.17, 15) is 24.8 Å². The molecule has 2 N–H and O–H groups in total. The van der Waals surface area contributed by atoms with Gasteiger partial charge >= 0.3 is 0 Å². The molecule has 4 aromatic rings. The van der Waals surface area contributed by atoms with Gasteiger partial charge in [-0.1, -0.05) is 30.3 Å². The number of aromatic nitrogens is 1. The van der Waals surface area contributed by atoms with Gasteiger partial charge in [0.25, 0.3) is 17.4 Å². The average Bonchev–Trinajstić information content (AvgIpc) is 3.60. The molecule has 3 heterocycles. The number of non-ortho nitro benzene ring substituents is 1. The van der Waals surface area contributed by atoms with E-state index < -0.39 is 28.4 Å². The van der Waals surface area contributed by atoms with E-state index in [4.69, 9.17) is 9.47 Å². The van der Waals surface area contributed by atoms with Gasteiger partial charge in [-0.3, -0.25) is 24.6 Å². The molecule has 0 aliphatic carbocycles. The van der Waals surface area contributed by atoms with Crippen molar-refractivity contribution in [3.05, 3.63) is 99.7 Å². The summed E-state index contributed by atoms with van der Waals surface area (Å²) in [5, 5.41) is 23.3. The number of ketones is 1. The fourth-order valence-corrected chi connectivity index (χ4v) is 4.67. The van der Waals surface area contributed by atoms with Crippen LogP contribution in [0.15, 0.2) is 78.5 Å². The Kier molecular flexibility index (Phi) is 4.75. The number of hydrogen-bond donors (Lipinski definition) is 2. The van der Waals surface area contributed by atoms with E-state index in [-0.39, 0.29) is 23.6 Å². The Morgan fingerprint density at radius 3 is 2.67 bits per heavy atom. The largest absolute Gasteiger partial charge is 0.507 e. The minimum Gasteiger partial charge on any atom is -0.507 e. The molecule has 0 spiro atoms. The second-order valence-electron chi connectivity index (χ2n) is 8.30. The monoisotopic (exact) mass is 483 g/mol. The molecule has 178 valence electrons. The number of aliphatic hydroxyl groups is 1. The number of nitro benzene ring substituents is 1. The summed E-state index contributed by atoms with van der Waals surface area (Å²) in [4.78, 5) is 41.9. The van der Waals surface area contributed by atoms with Gasteiger partial charge in [0.1, 0.15) is 5.76 Å². The number of amides is 1. The van der Waals surface area contributed by atoms with Gasteiger partial charge in [0.05, 0.1) is 16.5 Å². The second-order valence-corrected chi connectivity index (χ2v) is 8.30. The van der Waals surface area contributed by atoms with Crippen molar-refractivity contribution < 1.29 is 29.1 Å². The van der Waals surface area contributed by atoms with Gasteiger partial charge in [0.2, 0.25) is 6.79 Å². The number of carbonyl (C=O) groups excluding carboxylic acids is 2. The standard InChI is InChI=1S/C26H17N3O7/c30-24(14-4-3-5-16(10-14)29(33)34)22-23(18-12-27-19-7-2-1-6-17(18)19)28(26(32)25(22)31)15-8-9-20-21(11-15)36-13-35-20/h1-12,23,27,30H,13H2/b24-22+. The number of nitrogens with zero attached hydrogens (tertiary/aromatic N) is 2. The molecule has 1 aromatic heterocycles. The molecule has 6 rings (SSSR count). The van der Waals surface area contributed by atoms with Crippen molar-refractivity contribution in [2.45, 2.75) is 6.04 Å². The summed E-state index contributed by atoms with van der Waals surface area (Å²) in [5.74, 6) is -1.33. The van der Waals surface area contributed by atoms with Crippen LogP contribution >= 0.6 is 0 Å². The van der Waals surface area contributed by atoms with Crippen molar-refractivity contribution >= 4 is 39.7 Å². The smallest absolute Gasteiger partial charge is 0.300 e. The highest BCUT2D eigenvalue weighted by molar-refractivity contribution is 6.52. The number of nitro groups is 1. The predicted octanol–water partition coefficient (Wildman–Crippen LogP) is 4.43. The number of para-hydroxylation sites is 1. The molecule has 0 saturated carbocycles. The van der Waals surface area contributed by atoms with Crippen LogP contribution in [0, 0.1) is 10.1 Å². The first-order chi connectivity index (χ1) is 17.4. The molecule has 2 aliphatic rings. The van der Waals surface area contributed by atoms with Crippen molar-refractivity contribution in [1.82, 2.24) is 4.98 Å². The van der Waals surface area contributed by atoms with E-state index >= 15 is 0 Å². The first kappa shape index (κ1) is 21.4. The highest BCUT2D eigenvalue weighted by atomic mass is 16.7. The molecule has 10 nitrogen and oxygen atoms in total. The summed E-state index contributed by atoms with van der Waals surface area (Å²) in [6.45, 7) is 0.0380. The highest BCUT2D eigenvalue weighted by Gasteiger charge is 2.48. The maximum absolute atomic E-state index is 13.4. The van der Waals surface area contributed by atoms with Crippen LogP contribution in [0.25, 0.3) is 16.7 Å². The van der Waals surface area contributed by atoms with Gasteiger partial charge in [-0.2, -0.15) is 0 Å². The number of anilines is 1. The molecular formula is C26H17N3O7. The van der Waals surface area contributed by atoms with Crippen molar-refractivity contribution in [1.29, 1.82) is 0 Å². The molecular weight excluding hydrogens is 466 g/mol. The van der Waals surface area contributed by atoms with Gasteiger partial charge in [-0.15, -0.1) is 0 Å². The Bertz CT molecular complexity index is 1620. The van der Waals surface area contributed by atoms with Crippen molar-refractivity contribution in [2.24, 2.45) is 0 Å². The van der Waals surface area contributed by atoms with Crippen LogP contribution in [0.2, 0.25) is 0 Å². The molecule has 1 amide bonds. The fourth-order valence-electron chi connectivity index (χ4n) is 4.67. The maximum atomic E-state index is 13.4. The molecule has 1 saturated heterocycles. The van der Waals surface area contributed by atoms with E-state index in [1.54, 1.807) is 24.4 Å². The summed E-state index contributed by atoms with van der Waals surface area (Å²) >= 11 is 0. The Hall–Kier alpha value is -5.12. The molecule has 1 atom stereocenters. The SMILES string of the molecule is O=C1C(=O)N(c2ccc3c(c2)OCO3)C(c2c[nH]c3ccccc23)/C1=C(\O)c1cccc([N+](=O)[O-])c1. The number of fused-ring (bicyclic) bond motifs is 2. The third-order valence-corrected chi connectivity index (χ3v) is 6.32. The quantitative estimate of drug-likeness (QED) is 0.144. The van der Waals surface area contributed by atoms with Gasteiger partial charge in [0.15, 0.2) is 11.5 Å². The third-order valence-electron chi connectivity index (χ3n) is 6.32. The zero-order chi connectivity index (χ0) is 25.0. The van der Waals surface area contributed by atoms with Gasteiger partial charge in [-0.05, 0) is 18.2 Å². The Labute approximate surface area is 203 Å². The first-order valence-electron chi connectivity index (χ1n) is 11.0. The minimum atomic E-state index is -1.01. The highest BCUT2D eigenvalue weighted by Crippen LogP contribution is 2.46. The number of H-pyrrole nitrogens is 1.